The Labute approximate surface area is 128 Å². The molecular formula is C13H19BrClNO2S. The smallest absolute Gasteiger partial charge is 0.147 e. The van der Waals surface area contributed by atoms with Crippen LogP contribution in [0, 0.1) is 0 Å². The van der Waals surface area contributed by atoms with Crippen molar-refractivity contribution < 1.29 is 8.42 Å². The molecule has 0 bridgehead atoms. The minimum Gasteiger partial charge on any atom is -0.310 e. The second kappa shape index (κ2) is 7.62. The third-order valence-corrected chi connectivity index (χ3v) is 5.06. The van der Waals surface area contributed by atoms with Crippen molar-refractivity contribution in [3.05, 3.63) is 33.3 Å². The first kappa shape index (κ1) is 17.0. The second-order valence-electron chi connectivity index (χ2n) is 4.57. The van der Waals surface area contributed by atoms with Crippen molar-refractivity contribution in [1.29, 1.82) is 0 Å². The highest BCUT2D eigenvalue weighted by Gasteiger charge is 2.17. The van der Waals surface area contributed by atoms with E-state index in [0.29, 0.717) is 11.4 Å². The Morgan fingerprint density at radius 1 is 1.42 bits per heavy atom. The minimum atomic E-state index is -2.97. The lowest BCUT2D eigenvalue weighted by Gasteiger charge is -2.20. The molecule has 0 saturated carbocycles. The average molecular weight is 369 g/mol. The molecule has 0 aliphatic rings. The van der Waals surface area contributed by atoms with Crippen molar-refractivity contribution in [3.63, 3.8) is 0 Å². The van der Waals surface area contributed by atoms with Crippen LogP contribution in [0.15, 0.2) is 22.7 Å². The number of nitrogens with one attached hydrogen (secondary N) is 1. The SMILES string of the molecule is CCCNC(CCS(C)(=O)=O)c1cccc(Br)c1Cl. The summed E-state index contributed by atoms with van der Waals surface area (Å²) < 4.78 is 23.5. The molecule has 0 amide bonds. The quantitative estimate of drug-likeness (QED) is 0.800. The van der Waals surface area contributed by atoms with Gasteiger partial charge >= 0.3 is 0 Å². The Morgan fingerprint density at radius 2 is 2.11 bits per heavy atom. The van der Waals surface area contributed by atoms with Crippen molar-refractivity contribution in [3.8, 4) is 0 Å². The first-order chi connectivity index (χ1) is 8.85. The van der Waals surface area contributed by atoms with Crippen LogP contribution < -0.4 is 5.32 Å². The summed E-state index contributed by atoms with van der Waals surface area (Å²) in [6.45, 7) is 2.90. The molecule has 0 aromatic heterocycles. The molecule has 1 N–H and O–H groups in total. The van der Waals surface area contributed by atoms with Gasteiger partial charge in [-0.2, -0.15) is 0 Å². The van der Waals surface area contributed by atoms with E-state index >= 15 is 0 Å². The normalized spacial score (nSPS) is 13.5. The van der Waals surface area contributed by atoms with Crippen LogP contribution in [0.4, 0.5) is 0 Å². The van der Waals surface area contributed by atoms with Gasteiger partial charge in [-0.15, -0.1) is 0 Å². The Bertz CT molecular complexity index is 519. The van der Waals surface area contributed by atoms with E-state index in [1.165, 1.54) is 6.26 Å². The molecule has 0 aliphatic carbocycles. The molecule has 0 fully saturated rings. The topological polar surface area (TPSA) is 46.2 Å². The standard InChI is InChI=1S/C13H19BrClNO2S/c1-3-8-16-12(7-9-19(2,17)18)10-5-4-6-11(14)13(10)15/h4-6,12,16H,3,7-9H2,1-2H3. The third-order valence-electron chi connectivity index (χ3n) is 2.77. The largest absolute Gasteiger partial charge is 0.310 e. The van der Waals surface area contributed by atoms with Gasteiger partial charge in [-0.05, 0) is 46.9 Å². The predicted molar refractivity (Wildman–Crippen MR) is 84.5 cm³/mol. The summed E-state index contributed by atoms with van der Waals surface area (Å²) in [4.78, 5) is 0. The molecule has 1 atom stereocenters. The summed E-state index contributed by atoms with van der Waals surface area (Å²) in [5.74, 6) is 0.150. The Kier molecular flexibility index (Phi) is 6.80. The van der Waals surface area contributed by atoms with Gasteiger partial charge in [-0.3, -0.25) is 0 Å². The summed E-state index contributed by atoms with van der Waals surface area (Å²) in [6.07, 6.45) is 2.77. The van der Waals surface area contributed by atoms with E-state index in [1.807, 2.05) is 18.2 Å². The fourth-order valence-corrected chi connectivity index (χ4v) is 3.11. The van der Waals surface area contributed by atoms with E-state index in [0.717, 1.165) is 23.0 Å². The zero-order valence-electron chi connectivity index (χ0n) is 11.1. The predicted octanol–water partition coefficient (Wildman–Crippen LogP) is 3.58. The molecular weight excluding hydrogens is 350 g/mol. The monoisotopic (exact) mass is 367 g/mol. The number of hydrogen-bond donors (Lipinski definition) is 1. The summed E-state index contributed by atoms with van der Waals surface area (Å²) in [7, 11) is -2.97. The first-order valence-electron chi connectivity index (χ1n) is 6.20. The first-order valence-corrected chi connectivity index (χ1v) is 9.43. The van der Waals surface area contributed by atoms with E-state index in [9.17, 15) is 8.42 Å². The van der Waals surface area contributed by atoms with Crippen LogP contribution in [-0.2, 0) is 9.84 Å². The zero-order chi connectivity index (χ0) is 14.5. The molecule has 0 spiro atoms. The van der Waals surface area contributed by atoms with Crippen LogP contribution in [0.25, 0.3) is 0 Å². The Balaban J connectivity index is 2.92. The third kappa shape index (κ3) is 5.81. The molecule has 0 radical (unpaired) electrons. The van der Waals surface area contributed by atoms with Gasteiger partial charge in [0.1, 0.15) is 9.84 Å². The van der Waals surface area contributed by atoms with Gasteiger partial charge in [-0.25, -0.2) is 8.42 Å². The van der Waals surface area contributed by atoms with Gasteiger partial charge in [0.05, 0.1) is 10.8 Å². The number of hydrogen-bond acceptors (Lipinski definition) is 3. The van der Waals surface area contributed by atoms with Crippen LogP contribution in [0.2, 0.25) is 5.02 Å². The molecule has 1 aromatic rings. The van der Waals surface area contributed by atoms with Crippen molar-refractivity contribution >= 4 is 37.4 Å². The van der Waals surface area contributed by atoms with Crippen LogP contribution in [0.3, 0.4) is 0 Å². The molecule has 0 aliphatic heterocycles. The number of benzene rings is 1. The van der Waals surface area contributed by atoms with Crippen molar-refractivity contribution in [1.82, 2.24) is 5.32 Å². The molecule has 1 aromatic carbocycles. The van der Waals surface area contributed by atoms with Crippen molar-refractivity contribution in [2.75, 3.05) is 18.6 Å². The highest BCUT2D eigenvalue weighted by atomic mass is 79.9. The van der Waals surface area contributed by atoms with Gasteiger partial charge in [0.15, 0.2) is 0 Å². The maximum atomic E-state index is 11.3. The zero-order valence-corrected chi connectivity index (χ0v) is 14.3. The Morgan fingerprint density at radius 3 is 2.68 bits per heavy atom. The molecule has 0 saturated heterocycles. The summed E-state index contributed by atoms with van der Waals surface area (Å²) >= 11 is 9.68. The highest BCUT2D eigenvalue weighted by molar-refractivity contribution is 9.10. The van der Waals surface area contributed by atoms with E-state index < -0.39 is 9.84 Å². The summed E-state index contributed by atoms with van der Waals surface area (Å²) in [6, 6.07) is 5.67. The lowest BCUT2D eigenvalue weighted by molar-refractivity contribution is 0.513. The van der Waals surface area contributed by atoms with Crippen LogP contribution in [-0.4, -0.2) is 27.0 Å². The average Bonchev–Trinajstić information content (AvgIpc) is 2.32. The molecule has 6 heteroatoms. The van der Waals surface area contributed by atoms with Crippen LogP contribution in [0.5, 0.6) is 0 Å². The molecule has 0 heterocycles. The van der Waals surface area contributed by atoms with Crippen LogP contribution >= 0.6 is 27.5 Å². The number of sulfone groups is 1. The van der Waals surface area contributed by atoms with Gasteiger partial charge in [0.2, 0.25) is 0 Å². The maximum absolute atomic E-state index is 11.3. The maximum Gasteiger partial charge on any atom is 0.147 e. The van der Waals surface area contributed by atoms with E-state index in [4.69, 9.17) is 11.6 Å². The lowest BCUT2D eigenvalue weighted by Crippen LogP contribution is -2.24. The molecule has 3 nitrogen and oxygen atoms in total. The van der Waals surface area contributed by atoms with Gasteiger partial charge in [0, 0.05) is 16.8 Å². The van der Waals surface area contributed by atoms with Gasteiger partial charge in [-0.1, -0.05) is 30.7 Å². The van der Waals surface area contributed by atoms with E-state index in [1.54, 1.807) is 0 Å². The lowest BCUT2D eigenvalue weighted by atomic mass is 10.0. The fraction of sp³-hybridized carbons (Fsp3) is 0.538. The molecule has 19 heavy (non-hydrogen) atoms. The highest BCUT2D eigenvalue weighted by Crippen LogP contribution is 2.31. The summed E-state index contributed by atoms with van der Waals surface area (Å²) in [5.41, 5.74) is 0.938. The summed E-state index contributed by atoms with van der Waals surface area (Å²) in [5, 5.41) is 4.00. The molecule has 1 rings (SSSR count). The fourth-order valence-electron chi connectivity index (χ4n) is 1.81. The van der Waals surface area contributed by atoms with E-state index in [2.05, 4.69) is 28.2 Å². The van der Waals surface area contributed by atoms with E-state index in [-0.39, 0.29) is 11.8 Å². The van der Waals surface area contributed by atoms with Crippen molar-refractivity contribution in [2.45, 2.75) is 25.8 Å². The van der Waals surface area contributed by atoms with Gasteiger partial charge < -0.3 is 5.32 Å². The Hall–Kier alpha value is -0.100. The second-order valence-corrected chi connectivity index (χ2v) is 8.06. The van der Waals surface area contributed by atoms with Crippen molar-refractivity contribution in [2.24, 2.45) is 0 Å². The number of rotatable bonds is 7. The van der Waals surface area contributed by atoms with Crippen LogP contribution in [0.1, 0.15) is 31.4 Å². The van der Waals surface area contributed by atoms with Gasteiger partial charge in [0.25, 0.3) is 0 Å². The molecule has 1 unspecified atom stereocenters. The number of halogens is 2. The molecule has 108 valence electrons. The minimum absolute atomic E-state index is 0.0420.